The van der Waals surface area contributed by atoms with E-state index in [1.165, 1.54) is 0 Å². The van der Waals surface area contributed by atoms with E-state index in [2.05, 4.69) is 15.5 Å². The summed E-state index contributed by atoms with van der Waals surface area (Å²) in [6, 6.07) is 19.3. The summed E-state index contributed by atoms with van der Waals surface area (Å²) in [5, 5.41) is 11.4. The Morgan fingerprint density at radius 1 is 0.875 bits per heavy atom. The molecule has 0 radical (unpaired) electrons. The SMILES string of the molecule is CCOC(=O)c1sc(NC(=O)C(C)Sc2nnc(-c3ccccc3)c(-c3ccccc3)n2)c(C(=O)OCC)c1C. The average Bonchev–Trinajstić information content (AvgIpc) is 3.29. The molecule has 0 spiro atoms. The molecular weight excluding hydrogens is 548 g/mol. The summed E-state index contributed by atoms with van der Waals surface area (Å²) < 4.78 is 10.3. The highest BCUT2D eigenvalue weighted by Crippen LogP contribution is 2.35. The highest BCUT2D eigenvalue weighted by molar-refractivity contribution is 8.00. The Bertz CT molecular complexity index is 1510. The highest BCUT2D eigenvalue weighted by Gasteiger charge is 2.29. The highest BCUT2D eigenvalue weighted by atomic mass is 32.2. The summed E-state index contributed by atoms with van der Waals surface area (Å²) in [5.74, 6) is -1.59. The molecule has 2 aromatic heterocycles. The predicted molar refractivity (Wildman–Crippen MR) is 156 cm³/mol. The van der Waals surface area contributed by atoms with Crippen molar-refractivity contribution in [2.45, 2.75) is 38.1 Å². The molecule has 1 atom stereocenters. The van der Waals surface area contributed by atoms with Gasteiger partial charge in [0.05, 0.1) is 24.0 Å². The summed E-state index contributed by atoms with van der Waals surface area (Å²) >= 11 is 2.11. The van der Waals surface area contributed by atoms with E-state index in [9.17, 15) is 14.4 Å². The summed E-state index contributed by atoms with van der Waals surface area (Å²) in [6.07, 6.45) is 0. The van der Waals surface area contributed by atoms with Crippen molar-refractivity contribution >= 4 is 45.9 Å². The molecule has 4 aromatic rings. The predicted octanol–water partition coefficient (Wildman–Crippen LogP) is 6.05. The number of hydrogen-bond acceptors (Lipinski definition) is 10. The van der Waals surface area contributed by atoms with Crippen molar-refractivity contribution < 1.29 is 23.9 Å². The van der Waals surface area contributed by atoms with Crippen LogP contribution in [-0.4, -0.2) is 51.5 Å². The van der Waals surface area contributed by atoms with Crippen molar-refractivity contribution in [2.75, 3.05) is 18.5 Å². The van der Waals surface area contributed by atoms with E-state index in [-0.39, 0.29) is 28.7 Å². The van der Waals surface area contributed by atoms with Crippen LogP contribution in [-0.2, 0) is 14.3 Å². The van der Waals surface area contributed by atoms with E-state index in [0.717, 1.165) is 34.2 Å². The Morgan fingerprint density at radius 2 is 1.45 bits per heavy atom. The number of benzene rings is 2. The molecule has 2 aromatic carbocycles. The van der Waals surface area contributed by atoms with Crippen molar-refractivity contribution in [1.29, 1.82) is 0 Å². The van der Waals surface area contributed by atoms with Crippen molar-refractivity contribution in [3.05, 3.63) is 76.7 Å². The zero-order valence-electron chi connectivity index (χ0n) is 22.5. The van der Waals surface area contributed by atoms with Gasteiger partial charge in [-0.1, -0.05) is 72.4 Å². The largest absolute Gasteiger partial charge is 0.462 e. The van der Waals surface area contributed by atoms with Crippen molar-refractivity contribution in [2.24, 2.45) is 0 Å². The molecule has 1 N–H and O–H groups in total. The van der Waals surface area contributed by atoms with Gasteiger partial charge in [-0.2, -0.15) is 0 Å². The van der Waals surface area contributed by atoms with E-state index in [0.29, 0.717) is 22.1 Å². The topological polar surface area (TPSA) is 120 Å². The molecule has 9 nitrogen and oxygen atoms in total. The molecular formula is C29H28N4O5S2. The monoisotopic (exact) mass is 576 g/mol. The number of rotatable bonds is 10. The first-order chi connectivity index (χ1) is 19.3. The van der Waals surface area contributed by atoms with Crippen LogP contribution in [0.2, 0.25) is 0 Å². The fourth-order valence-corrected chi connectivity index (χ4v) is 5.62. The number of carbonyl (C=O) groups is 3. The van der Waals surface area contributed by atoms with Gasteiger partial charge in [-0.15, -0.1) is 21.5 Å². The molecule has 0 bridgehead atoms. The van der Waals surface area contributed by atoms with E-state index in [1.807, 2.05) is 60.7 Å². The quantitative estimate of drug-likeness (QED) is 0.178. The van der Waals surface area contributed by atoms with Gasteiger partial charge in [0.25, 0.3) is 0 Å². The van der Waals surface area contributed by atoms with E-state index in [4.69, 9.17) is 14.5 Å². The van der Waals surface area contributed by atoms with Gasteiger partial charge < -0.3 is 14.8 Å². The van der Waals surface area contributed by atoms with Crippen LogP contribution < -0.4 is 5.32 Å². The number of anilines is 1. The van der Waals surface area contributed by atoms with Gasteiger partial charge in [0.2, 0.25) is 11.1 Å². The Morgan fingerprint density at radius 3 is 2.05 bits per heavy atom. The van der Waals surface area contributed by atoms with Crippen LogP contribution in [0.25, 0.3) is 22.5 Å². The lowest BCUT2D eigenvalue weighted by Gasteiger charge is -2.13. The summed E-state index contributed by atoms with van der Waals surface area (Å²) in [7, 11) is 0. The number of thiophene rings is 1. The first kappa shape index (κ1) is 28.9. The van der Waals surface area contributed by atoms with Crippen molar-refractivity contribution in [1.82, 2.24) is 15.2 Å². The minimum Gasteiger partial charge on any atom is -0.462 e. The minimum absolute atomic E-state index is 0.136. The van der Waals surface area contributed by atoms with Gasteiger partial charge in [0.1, 0.15) is 21.3 Å². The minimum atomic E-state index is -0.656. The number of aromatic nitrogens is 3. The lowest BCUT2D eigenvalue weighted by molar-refractivity contribution is -0.115. The first-order valence-electron chi connectivity index (χ1n) is 12.6. The molecule has 40 heavy (non-hydrogen) atoms. The smallest absolute Gasteiger partial charge is 0.348 e. The number of thioether (sulfide) groups is 1. The molecule has 206 valence electrons. The van der Waals surface area contributed by atoms with Gasteiger partial charge in [-0.25, -0.2) is 14.6 Å². The Balaban J connectivity index is 1.60. The molecule has 2 heterocycles. The fourth-order valence-electron chi connectivity index (χ4n) is 3.82. The molecule has 4 rings (SSSR count). The van der Waals surface area contributed by atoms with Crippen LogP contribution >= 0.6 is 23.1 Å². The standard InChI is InChI=1S/C29H28N4O5S2/c1-5-37-27(35)21-17(3)24(28(36)38-6-2)40-26(21)31-25(34)18(4)39-29-30-22(19-13-9-7-10-14-19)23(32-33-29)20-15-11-8-12-16-20/h7-16,18H,5-6H2,1-4H3,(H,31,34). The Kier molecular flexibility index (Phi) is 9.62. The Hall–Kier alpha value is -4.09. The van der Waals surface area contributed by atoms with Crippen LogP contribution in [0.3, 0.4) is 0 Å². The molecule has 1 amide bonds. The average molecular weight is 577 g/mol. The number of nitrogens with zero attached hydrogens (tertiary/aromatic N) is 3. The normalized spacial score (nSPS) is 11.5. The van der Waals surface area contributed by atoms with Crippen LogP contribution in [0.15, 0.2) is 65.8 Å². The maximum Gasteiger partial charge on any atom is 0.348 e. The van der Waals surface area contributed by atoms with Gasteiger partial charge >= 0.3 is 11.9 Å². The van der Waals surface area contributed by atoms with Crippen LogP contribution in [0.5, 0.6) is 0 Å². The third-order valence-corrected chi connectivity index (χ3v) is 7.88. The molecule has 0 aliphatic heterocycles. The zero-order valence-corrected chi connectivity index (χ0v) is 24.1. The molecule has 1 unspecified atom stereocenters. The molecule has 11 heteroatoms. The second kappa shape index (κ2) is 13.3. The first-order valence-corrected chi connectivity index (χ1v) is 14.3. The lowest BCUT2D eigenvalue weighted by Crippen LogP contribution is -2.23. The number of amides is 1. The van der Waals surface area contributed by atoms with Gasteiger partial charge in [0.15, 0.2) is 0 Å². The van der Waals surface area contributed by atoms with Gasteiger partial charge in [0, 0.05) is 11.1 Å². The third kappa shape index (κ3) is 6.54. The van der Waals surface area contributed by atoms with Gasteiger partial charge in [-0.05, 0) is 33.3 Å². The van der Waals surface area contributed by atoms with E-state index < -0.39 is 23.1 Å². The van der Waals surface area contributed by atoms with E-state index >= 15 is 0 Å². The molecule has 0 aliphatic rings. The molecule has 0 aliphatic carbocycles. The number of ether oxygens (including phenoxy) is 2. The Labute approximate surface area is 240 Å². The van der Waals surface area contributed by atoms with Gasteiger partial charge in [-0.3, -0.25) is 4.79 Å². The second-order valence-corrected chi connectivity index (χ2v) is 10.8. The maximum absolute atomic E-state index is 13.2. The van der Waals surface area contributed by atoms with Crippen molar-refractivity contribution in [3.8, 4) is 22.5 Å². The molecule has 0 saturated carbocycles. The van der Waals surface area contributed by atoms with Crippen LogP contribution in [0.4, 0.5) is 5.00 Å². The maximum atomic E-state index is 13.2. The van der Waals surface area contributed by atoms with E-state index in [1.54, 1.807) is 27.7 Å². The third-order valence-electron chi connectivity index (χ3n) is 5.74. The van der Waals surface area contributed by atoms with Crippen LogP contribution in [0.1, 0.15) is 46.4 Å². The number of nitrogens with one attached hydrogen (secondary N) is 1. The number of hydrogen-bond donors (Lipinski definition) is 1. The fraction of sp³-hybridized carbons (Fsp3) is 0.241. The number of esters is 2. The molecule has 0 fully saturated rings. The van der Waals surface area contributed by atoms with Crippen LogP contribution in [0, 0.1) is 6.92 Å². The van der Waals surface area contributed by atoms with Crippen molar-refractivity contribution in [3.63, 3.8) is 0 Å². The second-order valence-electron chi connectivity index (χ2n) is 8.47. The lowest BCUT2D eigenvalue weighted by atomic mass is 10.0. The number of carbonyl (C=O) groups excluding carboxylic acids is 3. The summed E-state index contributed by atoms with van der Waals surface area (Å²) in [5.41, 5.74) is 3.56. The zero-order chi connectivity index (χ0) is 28.6. The molecule has 0 saturated heterocycles. The summed E-state index contributed by atoms with van der Waals surface area (Å²) in [4.78, 5) is 43.4. The summed E-state index contributed by atoms with van der Waals surface area (Å²) in [6.45, 7) is 7.04.